The van der Waals surface area contributed by atoms with Gasteiger partial charge < -0.3 is 5.73 Å². The number of amides is 1. The van der Waals surface area contributed by atoms with Gasteiger partial charge in [0.25, 0.3) is 5.56 Å². The summed E-state index contributed by atoms with van der Waals surface area (Å²) < 4.78 is 1.61. The molecule has 0 spiro atoms. The fourth-order valence-electron chi connectivity index (χ4n) is 2.88. The second kappa shape index (κ2) is 7.19. The van der Waals surface area contributed by atoms with Gasteiger partial charge in [-0.3, -0.25) is 14.2 Å². The number of benzene rings is 1. The number of rotatable bonds is 6. The zero-order valence-electron chi connectivity index (χ0n) is 14.4. The van der Waals surface area contributed by atoms with Gasteiger partial charge >= 0.3 is 0 Å². The van der Waals surface area contributed by atoms with Crippen molar-refractivity contribution < 1.29 is 4.79 Å². The molecule has 2 aromatic heterocycles. The Bertz CT molecular complexity index is 971. The van der Waals surface area contributed by atoms with Crippen LogP contribution in [0.5, 0.6) is 0 Å². The van der Waals surface area contributed by atoms with Crippen molar-refractivity contribution >= 4 is 27.5 Å². The van der Waals surface area contributed by atoms with Crippen LogP contribution in [0.2, 0.25) is 0 Å². The monoisotopic (exact) mass is 355 g/mol. The summed E-state index contributed by atoms with van der Waals surface area (Å²) in [4.78, 5) is 29.8. The van der Waals surface area contributed by atoms with Crippen molar-refractivity contribution in [3.8, 4) is 11.1 Å². The Morgan fingerprint density at radius 3 is 2.64 bits per heavy atom. The Morgan fingerprint density at radius 1 is 1.28 bits per heavy atom. The Kier molecular flexibility index (Phi) is 4.99. The quantitative estimate of drug-likeness (QED) is 0.737. The summed E-state index contributed by atoms with van der Waals surface area (Å²) in [6.45, 7) is 4.35. The lowest BCUT2D eigenvalue weighted by atomic mass is 10.0. The molecule has 6 heteroatoms. The highest BCUT2D eigenvalue weighted by atomic mass is 32.1. The standard InChI is InChI=1S/C19H21N3O2S/c1-3-4-16-21-18-17(19(24)22(16)10-9-15(20)23)14(11-25-18)13-7-5-12(2)6-8-13/h5-8,11H,3-4,9-10H2,1-2H3,(H2,20,23). The van der Waals surface area contributed by atoms with Crippen LogP contribution in [0, 0.1) is 6.92 Å². The fraction of sp³-hybridized carbons (Fsp3) is 0.316. The third-order valence-electron chi connectivity index (χ3n) is 4.19. The molecule has 0 bridgehead atoms. The number of carbonyl (C=O) groups is 1. The normalized spacial score (nSPS) is 11.1. The summed E-state index contributed by atoms with van der Waals surface area (Å²) in [6.07, 6.45) is 1.71. The average molecular weight is 355 g/mol. The van der Waals surface area contributed by atoms with Gasteiger partial charge in [-0.05, 0) is 18.9 Å². The first-order valence-corrected chi connectivity index (χ1v) is 9.25. The Morgan fingerprint density at radius 2 is 2.00 bits per heavy atom. The minimum atomic E-state index is -0.418. The number of nitrogens with two attached hydrogens (primary N) is 1. The fourth-order valence-corrected chi connectivity index (χ4v) is 3.84. The molecule has 0 aliphatic heterocycles. The summed E-state index contributed by atoms with van der Waals surface area (Å²) in [5.41, 5.74) is 8.25. The van der Waals surface area contributed by atoms with E-state index in [-0.39, 0.29) is 18.5 Å². The molecule has 1 amide bonds. The zero-order chi connectivity index (χ0) is 18.0. The lowest BCUT2D eigenvalue weighted by molar-refractivity contribution is -0.118. The lowest BCUT2D eigenvalue weighted by Crippen LogP contribution is -2.27. The van der Waals surface area contributed by atoms with Crippen LogP contribution in [0.3, 0.4) is 0 Å². The maximum absolute atomic E-state index is 13.1. The molecule has 130 valence electrons. The van der Waals surface area contributed by atoms with Gasteiger partial charge in [0, 0.05) is 30.3 Å². The Labute approximate surface area is 150 Å². The van der Waals surface area contributed by atoms with E-state index in [0.29, 0.717) is 11.8 Å². The van der Waals surface area contributed by atoms with E-state index in [2.05, 4.69) is 0 Å². The summed E-state index contributed by atoms with van der Waals surface area (Å²) in [6, 6.07) is 8.10. The van der Waals surface area contributed by atoms with Crippen LogP contribution in [0.1, 0.15) is 31.2 Å². The summed E-state index contributed by atoms with van der Waals surface area (Å²) in [5.74, 6) is 0.303. The Hall–Kier alpha value is -2.47. The molecule has 0 radical (unpaired) electrons. The molecule has 0 saturated heterocycles. The van der Waals surface area contributed by atoms with Gasteiger partial charge in [0.05, 0.1) is 5.39 Å². The van der Waals surface area contributed by atoms with Crippen LogP contribution in [-0.2, 0) is 17.8 Å². The minimum Gasteiger partial charge on any atom is -0.370 e. The second-order valence-corrected chi connectivity index (χ2v) is 7.00. The van der Waals surface area contributed by atoms with Crippen molar-refractivity contribution in [3.05, 3.63) is 51.4 Å². The Balaban J connectivity index is 2.19. The zero-order valence-corrected chi connectivity index (χ0v) is 15.2. The average Bonchev–Trinajstić information content (AvgIpc) is 2.99. The predicted octanol–water partition coefficient (Wildman–Crippen LogP) is 3.26. The SMILES string of the molecule is CCCc1nc2scc(-c3ccc(C)cc3)c2c(=O)n1CCC(N)=O. The van der Waals surface area contributed by atoms with Gasteiger partial charge in [-0.25, -0.2) is 4.98 Å². The van der Waals surface area contributed by atoms with E-state index in [0.717, 1.165) is 28.2 Å². The maximum atomic E-state index is 13.1. The molecule has 0 saturated carbocycles. The van der Waals surface area contributed by atoms with Crippen LogP contribution in [0.25, 0.3) is 21.3 Å². The number of carbonyl (C=O) groups excluding carboxylic acids is 1. The molecule has 2 N–H and O–H groups in total. The molecule has 3 rings (SSSR count). The van der Waals surface area contributed by atoms with Crippen LogP contribution in [0.4, 0.5) is 0 Å². The molecular formula is C19H21N3O2S. The molecular weight excluding hydrogens is 334 g/mol. The number of thiophene rings is 1. The van der Waals surface area contributed by atoms with Crippen molar-refractivity contribution in [2.24, 2.45) is 5.73 Å². The number of hydrogen-bond acceptors (Lipinski definition) is 4. The van der Waals surface area contributed by atoms with E-state index < -0.39 is 5.91 Å². The van der Waals surface area contributed by atoms with E-state index in [1.165, 1.54) is 16.9 Å². The van der Waals surface area contributed by atoms with Crippen molar-refractivity contribution in [1.29, 1.82) is 0 Å². The smallest absolute Gasteiger partial charge is 0.262 e. The van der Waals surface area contributed by atoms with Crippen LogP contribution >= 0.6 is 11.3 Å². The van der Waals surface area contributed by atoms with Gasteiger partial charge in [0.2, 0.25) is 5.91 Å². The van der Waals surface area contributed by atoms with Crippen LogP contribution in [-0.4, -0.2) is 15.5 Å². The van der Waals surface area contributed by atoms with E-state index in [1.807, 2.05) is 43.5 Å². The number of aromatic nitrogens is 2. The van der Waals surface area contributed by atoms with Gasteiger partial charge in [0.1, 0.15) is 10.7 Å². The highest BCUT2D eigenvalue weighted by molar-refractivity contribution is 7.17. The van der Waals surface area contributed by atoms with E-state index in [4.69, 9.17) is 10.7 Å². The minimum absolute atomic E-state index is 0.0912. The lowest BCUT2D eigenvalue weighted by Gasteiger charge is -2.11. The number of hydrogen-bond donors (Lipinski definition) is 1. The maximum Gasteiger partial charge on any atom is 0.262 e. The second-order valence-electron chi connectivity index (χ2n) is 6.15. The molecule has 3 aromatic rings. The highest BCUT2D eigenvalue weighted by Crippen LogP contribution is 2.31. The molecule has 25 heavy (non-hydrogen) atoms. The van der Waals surface area contributed by atoms with Gasteiger partial charge in [-0.2, -0.15) is 0 Å². The number of fused-ring (bicyclic) bond motifs is 1. The van der Waals surface area contributed by atoms with E-state index in [1.54, 1.807) is 4.57 Å². The predicted molar refractivity (Wildman–Crippen MR) is 102 cm³/mol. The van der Waals surface area contributed by atoms with Gasteiger partial charge in [0.15, 0.2) is 0 Å². The largest absolute Gasteiger partial charge is 0.370 e. The molecule has 0 aliphatic carbocycles. The summed E-state index contributed by atoms with van der Waals surface area (Å²) in [5, 5.41) is 2.61. The summed E-state index contributed by atoms with van der Waals surface area (Å²) >= 11 is 1.48. The first-order chi connectivity index (χ1) is 12.0. The molecule has 0 fully saturated rings. The van der Waals surface area contributed by atoms with Gasteiger partial charge in [-0.1, -0.05) is 36.8 Å². The molecule has 5 nitrogen and oxygen atoms in total. The highest BCUT2D eigenvalue weighted by Gasteiger charge is 2.17. The molecule has 2 heterocycles. The molecule has 0 atom stereocenters. The van der Waals surface area contributed by atoms with E-state index in [9.17, 15) is 9.59 Å². The van der Waals surface area contributed by atoms with Crippen LogP contribution in [0.15, 0.2) is 34.4 Å². The number of primary amides is 1. The topological polar surface area (TPSA) is 78.0 Å². The summed E-state index contributed by atoms with van der Waals surface area (Å²) in [7, 11) is 0. The van der Waals surface area contributed by atoms with E-state index >= 15 is 0 Å². The first kappa shape index (κ1) is 17.4. The third-order valence-corrected chi connectivity index (χ3v) is 5.06. The van der Waals surface area contributed by atoms with Gasteiger partial charge in [-0.15, -0.1) is 11.3 Å². The number of aryl methyl sites for hydroxylation is 2. The molecule has 0 aliphatic rings. The van der Waals surface area contributed by atoms with Crippen molar-refractivity contribution in [1.82, 2.24) is 9.55 Å². The van der Waals surface area contributed by atoms with Crippen molar-refractivity contribution in [2.45, 2.75) is 39.7 Å². The van der Waals surface area contributed by atoms with Crippen molar-refractivity contribution in [3.63, 3.8) is 0 Å². The number of nitrogens with zero attached hydrogens (tertiary/aromatic N) is 2. The van der Waals surface area contributed by atoms with Crippen LogP contribution < -0.4 is 11.3 Å². The third kappa shape index (κ3) is 3.49. The molecule has 1 aromatic carbocycles. The molecule has 0 unspecified atom stereocenters. The van der Waals surface area contributed by atoms with Crippen molar-refractivity contribution in [2.75, 3.05) is 0 Å². The first-order valence-electron chi connectivity index (χ1n) is 8.37.